The van der Waals surface area contributed by atoms with Crippen molar-refractivity contribution in [3.8, 4) is 0 Å². The van der Waals surface area contributed by atoms with Gasteiger partial charge in [-0.15, -0.1) is 0 Å². The highest BCUT2D eigenvalue weighted by atomic mass is 14.1. The number of rotatable bonds is 5. The van der Waals surface area contributed by atoms with Crippen molar-refractivity contribution >= 4 is 0 Å². The standard InChI is InChI=1S/C14H22.C2H6/c1-7-9-14(12(5)6)10-13(8-2)11(3)4;1-2/h7-12H,1-2H2,3-6H3;1-2H3/b13-10+,14-9+;. The normalized spacial score (nSPS) is 12.2. The molecule has 0 saturated carbocycles. The molecule has 0 saturated heterocycles. The summed E-state index contributed by atoms with van der Waals surface area (Å²) in [5.74, 6) is 1.06. The van der Waals surface area contributed by atoms with Crippen LogP contribution in [-0.2, 0) is 0 Å². The molecule has 0 unspecified atom stereocenters. The van der Waals surface area contributed by atoms with Crippen LogP contribution in [0.1, 0.15) is 41.5 Å². The van der Waals surface area contributed by atoms with E-state index in [4.69, 9.17) is 0 Å². The van der Waals surface area contributed by atoms with Crippen LogP contribution >= 0.6 is 0 Å². The molecular formula is C16H28. The van der Waals surface area contributed by atoms with Gasteiger partial charge < -0.3 is 0 Å². The van der Waals surface area contributed by atoms with Crippen LogP contribution in [0.15, 0.2) is 48.6 Å². The summed E-state index contributed by atoms with van der Waals surface area (Å²) < 4.78 is 0. The van der Waals surface area contributed by atoms with E-state index < -0.39 is 0 Å². The second-order valence-corrected chi connectivity index (χ2v) is 4.06. The lowest BCUT2D eigenvalue weighted by Gasteiger charge is -2.10. The van der Waals surface area contributed by atoms with Crippen LogP contribution in [0.4, 0.5) is 0 Å². The van der Waals surface area contributed by atoms with Gasteiger partial charge in [0.25, 0.3) is 0 Å². The summed E-state index contributed by atoms with van der Waals surface area (Å²) in [6, 6.07) is 0. The van der Waals surface area contributed by atoms with Gasteiger partial charge in [0.05, 0.1) is 0 Å². The molecule has 0 bridgehead atoms. The molecule has 0 heteroatoms. The van der Waals surface area contributed by atoms with Crippen molar-refractivity contribution in [3.63, 3.8) is 0 Å². The Morgan fingerprint density at radius 3 is 1.56 bits per heavy atom. The third kappa shape index (κ3) is 7.28. The molecule has 0 aromatic rings. The SMILES string of the molecule is C=C/C=C(\C=C(/C=C)C(C)C)C(C)C.CC. The van der Waals surface area contributed by atoms with Gasteiger partial charge in [-0.1, -0.05) is 79.0 Å². The van der Waals surface area contributed by atoms with Crippen molar-refractivity contribution in [2.24, 2.45) is 11.8 Å². The monoisotopic (exact) mass is 220 g/mol. The van der Waals surface area contributed by atoms with Crippen LogP contribution in [0.3, 0.4) is 0 Å². The van der Waals surface area contributed by atoms with E-state index in [1.54, 1.807) is 0 Å². The molecule has 16 heavy (non-hydrogen) atoms. The van der Waals surface area contributed by atoms with Gasteiger partial charge in [0.15, 0.2) is 0 Å². The zero-order chi connectivity index (χ0) is 13.1. The van der Waals surface area contributed by atoms with E-state index >= 15 is 0 Å². The molecule has 0 aliphatic carbocycles. The van der Waals surface area contributed by atoms with E-state index in [1.165, 1.54) is 11.1 Å². The minimum atomic E-state index is 0.527. The van der Waals surface area contributed by atoms with Crippen molar-refractivity contribution in [2.75, 3.05) is 0 Å². The zero-order valence-corrected chi connectivity index (χ0v) is 11.9. The molecule has 0 heterocycles. The van der Waals surface area contributed by atoms with Gasteiger partial charge in [-0.3, -0.25) is 0 Å². The van der Waals surface area contributed by atoms with Gasteiger partial charge in [0.1, 0.15) is 0 Å². The van der Waals surface area contributed by atoms with Crippen LogP contribution in [0, 0.1) is 11.8 Å². The van der Waals surface area contributed by atoms with Crippen molar-refractivity contribution < 1.29 is 0 Å². The van der Waals surface area contributed by atoms with E-state index in [9.17, 15) is 0 Å². The Kier molecular flexibility index (Phi) is 11.4. The maximum atomic E-state index is 3.83. The molecule has 0 spiro atoms. The van der Waals surface area contributed by atoms with E-state index in [1.807, 2.05) is 26.0 Å². The number of allylic oxidation sites excluding steroid dienone is 6. The Labute approximate surface area is 102 Å². The maximum absolute atomic E-state index is 3.83. The lowest BCUT2D eigenvalue weighted by molar-refractivity contribution is 0.764. The van der Waals surface area contributed by atoms with Crippen molar-refractivity contribution in [1.82, 2.24) is 0 Å². The van der Waals surface area contributed by atoms with E-state index in [0.29, 0.717) is 11.8 Å². The van der Waals surface area contributed by atoms with Crippen molar-refractivity contribution in [1.29, 1.82) is 0 Å². The van der Waals surface area contributed by atoms with Crippen LogP contribution in [-0.4, -0.2) is 0 Å². The van der Waals surface area contributed by atoms with Gasteiger partial charge in [0, 0.05) is 0 Å². The first-order valence-electron chi connectivity index (χ1n) is 6.19. The molecular weight excluding hydrogens is 192 g/mol. The van der Waals surface area contributed by atoms with E-state index in [-0.39, 0.29) is 0 Å². The van der Waals surface area contributed by atoms with Crippen molar-refractivity contribution in [3.05, 3.63) is 48.6 Å². The van der Waals surface area contributed by atoms with Gasteiger partial charge in [-0.05, 0) is 23.0 Å². The van der Waals surface area contributed by atoms with Gasteiger partial charge >= 0.3 is 0 Å². The average molecular weight is 220 g/mol. The van der Waals surface area contributed by atoms with Crippen LogP contribution < -0.4 is 0 Å². The molecule has 0 fully saturated rings. The largest absolute Gasteiger partial charge is 0.0991 e. The summed E-state index contributed by atoms with van der Waals surface area (Å²) in [6.45, 7) is 20.3. The molecule has 0 radical (unpaired) electrons. The summed E-state index contributed by atoms with van der Waals surface area (Å²) in [6.07, 6.45) is 8.05. The molecule has 0 rings (SSSR count). The Balaban J connectivity index is 0. The number of hydrogen-bond acceptors (Lipinski definition) is 0. The Bertz CT molecular complexity index is 249. The molecule has 0 amide bonds. The highest BCUT2D eigenvalue weighted by molar-refractivity contribution is 5.33. The zero-order valence-electron chi connectivity index (χ0n) is 11.9. The summed E-state index contributed by atoms with van der Waals surface area (Å²) in [4.78, 5) is 0. The smallest absolute Gasteiger partial charge is 0.0219 e. The fourth-order valence-corrected chi connectivity index (χ4v) is 1.20. The molecule has 0 atom stereocenters. The van der Waals surface area contributed by atoms with Crippen molar-refractivity contribution in [2.45, 2.75) is 41.5 Å². The van der Waals surface area contributed by atoms with Crippen LogP contribution in [0.25, 0.3) is 0 Å². The molecule has 0 aliphatic rings. The lowest BCUT2D eigenvalue weighted by Crippen LogP contribution is -1.96. The molecule has 92 valence electrons. The Morgan fingerprint density at radius 1 is 0.875 bits per heavy atom. The van der Waals surface area contributed by atoms with Gasteiger partial charge in [-0.25, -0.2) is 0 Å². The third-order valence-corrected chi connectivity index (χ3v) is 2.21. The second-order valence-electron chi connectivity index (χ2n) is 4.06. The van der Waals surface area contributed by atoms with E-state index in [2.05, 4.69) is 53.0 Å². The maximum Gasteiger partial charge on any atom is -0.0219 e. The summed E-state index contributed by atoms with van der Waals surface area (Å²) in [5, 5.41) is 0. The third-order valence-electron chi connectivity index (χ3n) is 2.21. The highest BCUT2D eigenvalue weighted by Gasteiger charge is 2.03. The quantitative estimate of drug-likeness (QED) is 0.533. The first-order chi connectivity index (χ1) is 7.52. The minimum absolute atomic E-state index is 0.527. The average Bonchev–Trinajstić information content (AvgIpc) is 2.26. The summed E-state index contributed by atoms with van der Waals surface area (Å²) >= 11 is 0. The molecule has 0 N–H and O–H groups in total. The van der Waals surface area contributed by atoms with Gasteiger partial charge in [0.2, 0.25) is 0 Å². The first kappa shape index (κ1) is 17.4. The summed E-state index contributed by atoms with van der Waals surface area (Å²) in [5.41, 5.74) is 2.59. The molecule has 0 aromatic carbocycles. The Hall–Kier alpha value is -1.04. The van der Waals surface area contributed by atoms with Gasteiger partial charge in [-0.2, -0.15) is 0 Å². The Morgan fingerprint density at radius 2 is 1.31 bits per heavy atom. The van der Waals surface area contributed by atoms with Crippen LogP contribution in [0.2, 0.25) is 0 Å². The molecule has 0 aromatic heterocycles. The molecule has 0 nitrogen and oxygen atoms in total. The lowest BCUT2D eigenvalue weighted by atomic mass is 9.95. The first-order valence-corrected chi connectivity index (χ1v) is 6.19. The highest BCUT2D eigenvalue weighted by Crippen LogP contribution is 2.18. The fraction of sp³-hybridized carbons (Fsp3) is 0.500. The van der Waals surface area contributed by atoms with Crippen LogP contribution in [0.5, 0.6) is 0 Å². The topological polar surface area (TPSA) is 0 Å². The predicted octanol–water partition coefficient (Wildman–Crippen LogP) is 5.55. The minimum Gasteiger partial charge on any atom is -0.0991 e. The predicted molar refractivity (Wildman–Crippen MR) is 77.6 cm³/mol. The summed E-state index contributed by atoms with van der Waals surface area (Å²) in [7, 11) is 0. The molecule has 0 aliphatic heterocycles. The fourth-order valence-electron chi connectivity index (χ4n) is 1.20. The van der Waals surface area contributed by atoms with E-state index in [0.717, 1.165) is 0 Å². The number of hydrogen-bond donors (Lipinski definition) is 0. The second kappa shape index (κ2) is 10.5.